The van der Waals surface area contributed by atoms with Gasteiger partial charge in [0.1, 0.15) is 17.9 Å². The summed E-state index contributed by atoms with van der Waals surface area (Å²) in [5.41, 5.74) is 3.24. The molecule has 5 rings (SSSR count). The van der Waals surface area contributed by atoms with E-state index in [0.717, 1.165) is 66.1 Å². The van der Waals surface area contributed by atoms with Crippen LogP contribution in [0.15, 0.2) is 36.7 Å². The number of rotatable bonds is 12. The number of aromatic nitrogens is 3. The molecule has 0 aliphatic carbocycles. The van der Waals surface area contributed by atoms with Crippen LogP contribution in [0.3, 0.4) is 0 Å². The maximum atomic E-state index is 13.0. The molecule has 3 aromatic rings. The first-order valence-electron chi connectivity index (χ1n) is 15.1. The summed E-state index contributed by atoms with van der Waals surface area (Å²) in [6.45, 7) is 7.80. The van der Waals surface area contributed by atoms with Gasteiger partial charge in [-0.15, -0.1) is 0 Å². The Bertz CT molecular complexity index is 1610. The van der Waals surface area contributed by atoms with Gasteiger partial charge in [-0.25, -0.2) is 28.2 Å². The van der Waals surface area contributed by atoms with Crippen LogP contribution >= 0.6 is 11.3 Å². The van der Waals surface area contributed by atoms with E-state index in [9.17, 15) is 13.2 Å². The van der Waals surface area contributed by atoms with E-state index in [-0.39, 0.29) is 18.3 Å². The van der Waals surface area contributed by atoms with Crippen molar-refractivity contribution in [3.8, 4) is 5.19 Å². The third-order valence-corrected chi connectivity index (χ3v) is 10.7. The molecule has 1 saturated heterocycles. The van der Waals surface area contributed by atoms with Gasteiger partial charge in [0, 0.05) is 57.8 Å². The Kier molecular flexibility index (Phi) is 9.96. The van der Waals surface area contributed by atoms with Crippen molar-refractivity contribution in [2.45, 2.75) is 71.0 Å². The summed E-state index contributed by atoms with van der Waals surface area (Å²) in [5.74, 6) is -0.141. The number of hydrogen-bond donors (Lipinski definition) is 1. The molecule has 11 nitrogen and oxygen atoms in total. The van der Waals surface area contributed by atoms with Crippen LogP contribution in [0, 0.1) is 5.41 Å². The van der Waals surface area contributed by atoms with Gasteiger partial charge in [-0.05, 0) is 55.5 Å². The minimum atomic E-state index is -3.53. The summed E-state index contributed by atoms with van der Waals surface area (Å²) in [7, 11) is -3.53. The van der Waals surface area contributed by atoms with E-state index in [2.05, 4.69) is 27.9 Å². The minimum absolute atomic E-state index is 0.0910. The Labute approximate surface area is 262 Å². The highest BCUT2D eigenvalue weighted by molar-refractivity contribution is 7.89. The first-order valence-corrected chi connectivity index (χ1v) is 17.5. The van der Waals surface area contributed by atoms with Crippen LogP contribution in [0.25, 0.3) is 15.8 Å². The maximum absolute atomic E-state index is 13.0. The standard InChI is InChI=1S/C31H40N6O5S2/c1-4-5-22-20-33-29(34-21-22)36-13-10-25(11-14-36)41-30-35-26-7-6-24(18-27(26)43-30)23-8-15-37(16-9-23)44(39,40)17-12-31(2,3)42-28(38)19-32/h6-8,18-21,25,32H,4-5,9-17H2,1-3H3. The predicted molar refractivity (Wildman–Crippen MR) is 173 cm³/mol. The van der Waals surface area contributed by atoms with E-state index >= 15 is 0 Å². The number of esters is 1. The average Bonchev–Trinajstić information content (AvgIpc) is 3.42. The van der Waals surface area contributed by atoms with Crippen molar-refractivity contribution in [3.05, 3.63) is 47.8 Å². The summed E-state index contributed by atoms with van der Waals surface area (Å²) >= 11 is 1.54. The highest BCUT2D eigenvalue weighted by Crippen LogP contribution is 2.34. The number of nitrogens with zero attached hydrogens (tertiary/aromatic N) is 5. The second kappa shape index (κ2) is 13.7. The molecule has 0 amide bonds. The number of nitrogens with one attached hydrogen (secondary N) is 1. The fourth-order valence-corrected chi connectivity index (χ4v) is 8.02. The van der Waals surface area contributed by atoms with Gasteiger partial charge in [0.05, 0.1) is 16.0 Å². The fraction of sp³-hybridized carbons (Fsp3) is 0.516. The Hall–Kier alpha value is -3.42. The number of piperidine rings is 1. The summed E-state index contributed by atoms with van der Waals surface area (Å²) in [4.78, 5) is 27.5. The van der Waals surface area contributed by atoms with Gasteiger partial charge < -0.3 is 19.8 Å². The van der Waals surface area contributed by atoms with E-state index in [1.807, 2.05) is 30.6 Å². The van der Waals surface area contributed by atoms with Crippen molar-refractivity contribution >= 4 is 55.3 Å². The lowest BCUT2D eigenvalue weighted by Crippen LogP contribution is -2.39. The normalized spacial score (nSPS) is 17.0. The molecule has 0 unspecified atom stereocenters. The van der Waals surface area contributed by atoms with Crippen LogP contribution in [0.2, 0.25) is 0 Å². The highest BCUT2D eigenvalue weighted by Gasteiger charge is 2.30. The predicted octanol–water partition coefficient (Wildman–Crippen LogP) is 4.87. The van der Waals surface area contributed by atoms with Crippen LogP contribution in [0.1, 0.15) is 64.0 Å². The van der Waals surface area contributed by atoms with Gasteiger partial charge in [-0.2, -0.15) is 4.31 Å². The van der Waals surface area contributed by atoms with E-state index in [1.165, 1.54) is 21.2 Å². The number of carbonyl (C=O) groups is 1. The Morgan fingerprint density at radius 2 is 1.93 bits per heavy atom. The van der Waals surface area contributed by atoms with Gasteiger partial charge in [-0.3, -0.25) is 0 Å². The first kappa shape index (κ1) is 32.0. The Balaban J connectivity index is 1.15. The molecule has 13 heteroatoms. The van der Waals surface area contributed by atoms with E-state index in [4.69, 9.17) is 19.9 Å². The largest absolute Gasteiger partial charge is 0.467 e. The lowest BCUT2D eigenvalue weighted by molar-refractivity contribution is -0.147. The molecule has 2 aliphatic heterocycles. The average molecular weight is 641 g/mol. The molecule has 2 aliphatic rings. The SMILES string of the molecule is CCCc1cnc(N2CCC(Oc3nc4ccc(C5=CCN(S(=O)(=O)CCC(C)(C)OC(=O)C=N)CC5)cc4s3)CC2)nc1. The zero-order valence-corrected chi connectivity index (χ0v) is 27.1. The number of sulfonamides is 1. The molecule has 2 aromatic heterocycles. The number of thiazole rings is 1. The molecule has 4 heterocycles. The maximum Gasteiger partial charge on any atom is 0.349 e. The first-order chi connectivity index (χ1) is 21.0. The molecule has 0 spiro atoms. The molecular formula is C31H40N6O5S2. The van der Waals surface area contributed by atoms with Crippen LogP contribution < -0.4 is 9.64 Å². The van der Waals surface area contributed by atoms with Gasteiger partial charge in [0.15, 0.2) is 0 Å². The van der Waals surface area contributed by atoms with Gasteiger partial charge in [0.2, 0.25) is 16.0 Å². The molecule has 0 saturated carbocycles. The minimum Gasteiger partial charge on any atom is -0.467 e. The zero-order chi connectivity index (χ0) is 31.3. The summed E-state index contributed by atoms with van der Waals surface area (Å²) in [6, 6.07) is 6.14. The Morgan fingerprint density at radius 3 is 2.59 bits per heavy atom. The van der Waals surface area contributed by atoms with E-state index in [1.54, 1.807) is 13.8 Å². The second-order valence-corrected chi connectivity index (χ2v) is 14.9. The van der Waals surface area contributed by atoms with Gasteiger partial charge in [0.25, 0.3) is 5.19 Å². The molecular weight excluding hydrogens is 601 g/mol. The van der Waals surface area contributed by atoms with Crippen molar-refractivity contribution in [1.29, 1.82) is 5.41 Å². The van der Waals surface area contributed by atoms with Crippen molar-refractivity contribution < 1.29 is 22.7 Å². The second-order valence-electron chi connectivity index (χ2n) is 11.8. The lowest BCUT2D eigenvalue weighted by Gasteiger charge is -2.31. The van der Waals surface area contributed by atoms with Gasteiger partial charge >= 0.3 is 5.97 Å². The smallest absolute Gasteiger partial charge is 0.349 e. The topological polar surface area (TPSA) is 139 Å². The quantitative estimate of drug-likeness (QED) is 0.217. The fourth-order valence-electron chi connectivity index (χ4n) is 5.42. The Morgan fingerprint density at radius 1 is 1.18 bits per heavy atom. The van der Waals surface area contributed by atoms with Crippen LogP contribution in [0.5, 0.6) is 5.19 Å². The number of carbonyl (C=O) groups excluding carboxylic acids is 1. The van der Waals surface area contributed by atoms with Crippen molar-refractivity contribution in [2.24, 2.45) is 0 Å². The van der Waals surface area contributed by atoms with Crippen molar-refractivity contribution in [2.75, 3.05) is 36.8 Å². The summed E-state index contributed by atoms with van der Waals surface area (Å²) in [5, 5.41) is 7.66. The third-order valence-electron chi connectivity index (χ3n) is 7.98. The number of anilines is 1. The molecule has 1 aromatic carbocycles. The van der Waals surface area contributed by atoms with E-state index in [0.29, 0.717) is 30.9 Å². The van der Waals surface area contributed by atoms with Gasteiger partial charge in [-0.1, -0.05) is 36.8 Å². The molecule has 1 N–H and O–H groups in total. The van der Waals surface area contributed by atoms with Crippen molar-refractivity contribution in [3.63, 3.8) is 0 Å². The number of hydrogen-bond acceptors (Lipinski definition) is 11. The molecule has 236 valence electrons. The lowest BCUT2D eigenvalue weighted by atomic mass is 10.0. The zero-order valence-electron chi connectivity index (χ0n) is 25.5. The van der Waals surface area contributed by atoms with Crippen LogP contribution in [-0.2, 0) is 26.0 Å². The number of fused-ring (bicyclic) bond motifs is 1. The third kappa shape index (κ3) is 7.99. The molecule has 0 radical (unpaired) electrons. The number of aryl methyl sites for hydroxylation is 1. The summed E-state index contributed by atoms with van der Waals surface area (Å²) < 4.78 is 39.9. The van der Waals surface area contributed by atoms with Crippen molar-refractivity contribution in [1.82, 2.24) is 19.3 Å². The highest BCUT2D eigenvalue weighted by atomic mass is 32.2. The summed E-state index contributed by atoms with van der Waals surface area (Å²) in [6.07, 6.45) is 11.1. The number of benzene rings is 1. The molecule has 0 bridgehead atoms. The van der Waals surface area contributed by atoms with Crippen LogP contribution in [0.4, 0.5) is 5.95 Å². The molecule has 1 fully saturated rings. The van der Waals surface area contributed by atoms with E-state index < -0.39 is 21.6 Å². The molecule has 44 heavy (non-hydrogen) atoms. The molecule has 0 atom stereocenters. The van der Waals surface area contributed by atoms with Crippen LogP contribution in [-0.4, -0.2) is 83.5 Å². The monoisotopic (exact) mass is 640 g/mol. The number of ether oxygens (including phenoxy) is 2.